The second-order valence-electron chi connectivity index (χ2n) is 9.58. The lowest BCUT2D eigenvalue weighted by molar-refractivity contribution is -0.248. The third-order valence-corrected chi connectivity index (χ3v) is 7.20. The van der Waals surface area contributed by atoms with E-state index in [0.717, 1.165) is 34.4 Å². The molecule has 8 N–H and O–H groups in total. The molecule has 16 nitrogen and oxygen atoms in total. The monoisotopic (exact) mass is 586 g/mol. The van der Waals surface area contributed by atoms with Crippen LogP contribution in [0.4, 0.5) is 29.2 Å². The maximum absolute atomic E-state index is 15.4. The molecule has 2 unspecified atom stereocenters. The summed E-state index contributed by atoms with van der Waals surface area (Å²) in [4.78, 5) is 23.1. The average Bonchev–Trinajstić information content (AvgIpc) is 3.70. The van der Waals surface area contributed by atoms with Gasteiger partial charge in [0.2, 0.25) is 0 Å². The van der Waals surface area contributed by atoms with Crippen LogP contribution >= 0.6 is 0 Å². The Morgan fingerprint density at radius 1 is 0.732 bits per heavy atom. The summed E-state index contributed by atoms with van der Waals surface area (Å²) in [7, 11) is 0. The zero-order valence-electron chi connectivity index (χ0n) is 20.4. The van der Waals surface area contributed by atoms with Crippen molar-refractivity contribution < 1.29 is 47.5 Å². The minimum atomic E-state index is -4.63. The minimum absolute atomic E-state index is 0.0409. The van der Waals surface area contributed by atoms with E-state index < -0.39 is 67.3 Å². The number of aliphatic hydroxyl groups excluding tert-OH is 4. The van der Waals surface area contributed by atoms with Gasteiger partial charge in [-0.3, -0.25) is 9.13 Å². The zero-order valence-corrected chi connectivity index (χ0v) is 20.4. The van der Waals surface area contributed by atoms with E-state index in [-0.39, 0.29) is 34.0 Å². The highest BCUT2D eigenvalue weighted by Gasteiger charge is 2.62. The molecule has 20 heteroatoms. The molecule has 6 heterocycles. The molecule has 0 bridgehead atoms. The third kappa shape index (κ3) is 4.05. The van der Waals surface area contributed by atoms with Gasteiger partial charge in [0.1, 0.15) is 60.3 Å². The zero-order chi connectivity index (χ0) is 29.4. The van der Waals surface area contributed by atoms with Gasteiger partial charge in [-0.15, -0.1) is 0 Å². The fourth-order valence-electron chi connectivity index (χ4n) is 5.02. The van der Waals surface area contributed by atoms with Crippen molar-refractivity contribution in [1.82, 2.24) is 39.0 Å². The van der Waals surface area contributed by atoms with Crippen molar-refractivity contribution in [2.24, 2.45) is 0 Å². The quantitative estimate of drug-likeness (QED) is 0.139. The molecule has 2 saturated heterocycles. The van der Waals surface area contributed by atoms with Gasteiger partial charge in [0.05, 0.1) is 12.7 Å². The van der Waals surface area contributed by atoms with Crippen LogP contribution in [0.5, 0.6) is 0 Å². The molecular formula is C21H22F4N10O6. The smallest absolute Gasteiger partial charge is 0.303 e. The van der Waals surface area contributed by atoms with Crippen LogP contribution in [0.1, 0.15) is 12.5 Å². The largest absolute Gasteiger partial charge is 0.387 e. The number of rotatable bonds is 6. The average molecular weight is 586 g/mol. The number of hydrogen-bond acceptors (Lipinski definition) is 14. The summed E-state index contributed by atoms with van der Waals surface area (Å²) in [6, 6.07) is 0. The van der Waals surface area contributed by atoms with Gasteiger partial charge in [-0.25, -0.2) is 47.5 Å². The molecule has 10 atom stereocenters. The Morgan fingerprint density at radius 2 is 1.12 bits per heavy atom. The number of hydrogen-bond donors (Lipinski definition) is 6. The Labute approximate surface area is 225 Å². The summed E-state index contributed by atoms with van der Waals surface area (Å²) in [5.41, 5.74) is 11.4. The molecule has 0 spiro atoms. The summed E-state index contributed by atoms with van der Waals surface area (Å²) >= 11 is 0. The Kier molecular flexibility index (Phi) is 6.43. The highest BCUT2D eigenvalue weighted by Crippen LogP contribution is 2.43. The fourth-order valence-corrected chi connectivity index (χ4v) is 5.02. The normalized spacial score (nSPS) is 32.2. The van der Waals surface area contributed by atoms with E-state index in [1.165, 1.54) is 0 Å². The molecule has 4 aromatic rings. The molecule has 6 rings (SSSR count). The van der Waals surface area contributed by atoms with Crippen molar-refractivity contribution in [2.75, 3.05) is 11.5 Å². The predicted octanol–water partition coefficient (Wildman–Crippen LogP) is -1.62. The number of nitrogen functional groups attached to an aromatic ring is 2. The van der Waals surface area contributed by atoms with Gasteiger partial charge >= 0.3 is 5.92 Å². The van der Waals surface area contributed by atoms with Crippen LogP contribution in [0.15, 0.2) is 25.3 Å². The topological polar surface area (TPSA) is 239 Å². The molecule has 0 radical (unpaired) electrons. The highest BCUT2D eigenvalue weighted by atomic mass is 19.3. The van der Waals surface area contributed by atoms with Crippen LogP contribution in [-0.4, -0.2) is 114 Å². The SMILES string of the molecule is Nc1ncnc2c1ncn2[C@@H]1O[C@H](C(O)C(F)(F)C(O)[C@H]2O[C@@H](n3cnc4c(N)ncnc43)[C@H](F)[C@@H]2O)[C@@H](O)[C@H]1F. The van der Waals surface area contributed by atoms with Gasteiger partial charge in [-0.1, -0.05) is 0 Å². The van der Waals surface area contributed by atoms with Crippen molar-refractivity contribution >= 4 is 34.0 Å². The van der Waals surface area contributed by atoms with Crippen molar-refractivity contribution in [3.8, 4) is 0 Å². The maximum Gasteiger partial charge on any atom is 0.303 e. The van der Waals surface area contributed by atoms with Crippen LogP contribution < -0.4 is 11.5 Å². The number of nitrogens with two attached hydrogens (primary N) is 2. The van der Waals surface area contributed by atoms with E-state index in [9.17, 15) is 20.4 Å². The third-order valence-electron chi connectivity index (χ3n) is 7.20. The second-order valence-corrected chi connectivity index (χ2v) is 9.58. The van der Waals surface area contributed by atoms with Gasteiger partial charge in [0, 0.05) is 0 Å². The number of alkyl halides is 4. The predicted molar refractivity (Wildman–Crippen MR) is 126 cm³/mol. The van der Waals surface area contributed by atoms with E-state index in [4.69, 9.17) is 20.9 Å². The van der Waals surface area contributed by atoms with Crippen LogP contribution in [0.3, 0.4) is 0 Å². The van der Waals surface area contributed by atoms with E-state index in [2.05, 4.69) is 29.9 Å². The van der Waals surface area contributed by atoms with Crippen LogP contribution in [0, 0.1) is 0 Å². The maximum atomic E-state index is 15.4. The minimum Gasteiger partial charge on any atom is -0.387 e. The first-order valence-corrected chi connectivity index (χ1v) is 12.0. The number of fused-ring (bicyclic) bond motifs is 2. The molecule has 0 saturated carbocycles. The van der Waals surface area contributed by atoms with Crippen molar-refractivity contribution in [3.63, 3.8) is 0 Å². The molecule has 0 amide bonds. The number of nitrogens with zero attached hydrogens (tertiary/aromatic N) is 8. The number of imidazole rings is 2. The highest BCUT2D eigenvalue weighted by molar-refractivity contribution is 5.81. The molecule has 220 valence electrons. The molecule has 4 aromatic heterocycles. The van der Waals surface area contributed by atoms with Crippen molar-refractivity contribution in [3.05, 3.63) is 25.3 Å². The summed E-state index contributed by atoms with van der Waals surface area (Å²) < 4.78 is 73.5. The number of aliphatic hydroxyl groups is 4. The standard InChI is InChI=1S/C21H22F4N10O6/c22-5-9(36)11(40-19(5)34-3-32-7-15(26)28-1-30-17(7)34)13(38)21(24,25)14(39)12-10(37)6(23)20(41-12)35-4-33-8-16(27)29-2-31-18(8)35/h1-6,9-14,19-20,36-39H,(H2,26,28,30)(H2,27,29,31)/t5-,6-,9+,10+,11+,12+,13?,14?,19-,20-/m1/s1. The Hall–Kier alpha value is -3.82. The van der Waals surface area contributed by atoms with Crippen LogP contribution in [0.2, 0.25) is 0 Å². The van der Waals surface area contributed by atoms with E-state index in [0.29, 0.717) is 0 Å². The number of halogens is 4. The van der Waals surface area contributed by atoms with Gasteiger partial charge in [0.15, 0.2) is 47.7 Å². The first-order chi connectivity index (χ1) is 19.4. The molecule has 0 aromatic carbocycles. The van der Waals surface area contributed by atoms with E-state index >= 15 is 17.6 Å². The summed E-state index contributed by atoms with van der Waals surface area (Å²) in [5, 5.41) is 41.8. The van der Waals surface area contributed by atoms with E-state index in [1.807, 2.05) is 0 Å². The molecule has 2 aliphatic rings. The molecule has 41 heavy (non-hydrogen) atoms. The number of ether oxygens (including phenoxy) is 2. The molecule has 0 aliphatic carbocycles. The molecule has 2 fully saturated rings. The molecular weight excluding hydrogens is 564 g/mol. The lowest BCUT2D eigenvalue weighted by Gasteiger charge is -2.34. The van der Waals surface area contributed by atoms with Gasteiger partial charge in [0.25, 0.3) is 0 Å². The lowest BCUT2D eigenvalue weighted by atomic mass is 9.93. The van der Waals surface area contributed by atoms with Crippen LogP contribution in [0.25, 0.3) is 22.3 Å². The number of anilines is 2. The first-order valence-electron chi connectivity index (χ1n) is 12.0. The fraction of sp³-hybridized carbons (Fsp3) is 0.524. The second kappa shape index (κ2) is 9.63. The Morgan fingerprint density at radius 3 is 1.51 bits per heavy atom. The van der Waals surface area contributed by atoms with Crippen molar-refractivity contribution in [1.29, 1.82) is 0 Å². The van der Waals surface area contributed by atoms with E-state index in [1.54, 1.807) is 0 Å². The van der Waals surface area contributed by atoms with Gasteiger partial charge in [-0.05, 0) is 0 Å². The Balaban J connectivity index is 1.23. The number of aromatic nitrogens is 8. The van der Waals surface area contributed by atoms with Crippen LogP contribution in [-0.2, 0) is 9.47 Å². The van der Waals surface area contributed by atoms with Gasteiger partial charge in [-0.2, -0.15) is 0 Å². The summed E-state index contributed by atoms with van der Waals surface area (Å²) in [6.07, 6.45) is -19.5. The Bertz CT molecular complexity index is 1480. The van der Waals surface area contributed by atoms with Crippen molar-refractivity contribution in [2.45, 2.75) is 67.3 Å². The summed E-state index contributed by atoms with van der Waals surface area (Å²) in [5.74, 6) is -4.76. The summed E-state index contributed by atoms with van der Waals surface area (Å²) in [6.45, 7) is 0. The molecule has 2 aliphatic heterocycles. The van der Waals surface area contributed by atoms with Gasteiger partial charge < -0.3 is 41.4 Å². The lowest BCUT2D eigenvalue weighted by Crippen LogP contribution is -2.58. The first kappa shape index (κ1) is 27.4.